The van der Waals surface area contributed by atoms with E-state index in [4.69, 9.17) is 5.73 Å². The number of anilines is 1. The molecule has 1 aromatic carbocycles. The average Bonchev–Trinajstić information content (AvgIpc) is 2.64. The molecule has 1 aromatic heterocycles. The molecule has 0 aliphatic carbocycles. The Balaban J connectivity index is 2.15. The zero-order valence-electron chi connectivity index (χ0n) is 11.1. The lowest BCUT2D eigenvalue weighted by atomic mass is 10.1. The van der Waals surface area contributed by atoms with Gasteiger partial charge in [0, 0.05) is 12.8 Å². The number of hydrogen-bond donors (Lipinski definition) is 1. The summed E-state index contributed by atoms with van der Waals surface area (Å²) < 4.78 is 1.89. The quantitative estimate of drug-likeness (QED) is 0.858. The van der Waals surface area contributed by atoms with E-state index in [-0.39, 0.29) is 0 Å². The zero-order chi connectivity index (χ0) is 13.1. The van der Waals surface area contributed by atoms with Gasteiger partial charge in [0.1, 0.15) is 5.03 Å². The summed E-state index contributed by atoms with van der Waals surface area (Å²) in [5, 5.41) is 5.55. The largest absolute Gasteiger partial charge is 0.395 e. The minimum Gasteiger partial charge on any atom is -0.395 e. The summed E-state index contributed by atoms with van der Waals surface area (Å²) in [5.74, 6) is 1.28. The predicted molar refractivity (Wildman–Crippen MR) is 77.7 cm³/mol. The molecule has 0 amide bonds. The zero-order valence-corrected chi connectivity index (χ0v) is 11.9. The number of aromatic nitrogens is 2. The van der Waals surface area contributed by atoms with E-state index in [9.17, 15) is 0 Å². The number of thioether (sulfide) groups is 1. The Labute approximate surface area is 112 Å². The van der Waals surface area contributed by atoms with Crippen molar-refractivity contribution in [2.75, 3.05) is 5.73 Å². The smallest absolute Gasteiger partial charge is 0.117 e. The van der Waals surface area contributed by atoms with Crippen LogP contribution in [0.4, 0.5) is 5.69 Å². The van der Waals surface area contributed by atoms with Crippen LogP contribution in [0.15, 0.2) is 35.4 Å². The van der Waals surface area contributed by atoms with Crippen LogP contribution in [-0.4, -0.2) is 9.78 Å². The third-order valence-electron chi connectivity index (χ3n) is 2.82. The molecular weight excluding hydrogens is 242 g/mol. The molecule has 2 N–H and O–H groups in total. The Kier molecular flexibility index (Phi) is 3.97. The Morgan fingerprint density at radius 3 is 2.50 bits per heavy atom. The molecule has 2 rings (SSSR count). The van der Waals surface area contributed by atoms with E-state index in [1.54, 1.807) is 11.8 Å². The molecule has 2 aromatic rings. The lowest BCUT2D eigenvalue weighted by Gasteiger charge is -2.04. The van der Waals surface area contributed by atoms with E-state index in [0.29, 0.717) is 5.92 Å². The Bertz CT molecular complexity index is 517. The molecule has 0 bridgehead atoms. The van der Waals surface area contributed by atoms with Crippen LogP contribution in [0, 0.1) is 0 Å². The molecule has 4 heteroatoms. The number of nitrogens with two attached hydrogens (primary N) is 1. The average molecular weight is 261 g/mol. The molecule has 0 aliphatic rings. The Morgan fingerprint density at radius 1 is 1.28 bits per heavy atom. The molecule has 0 spiro atoms. The van der Waals surface area contributed by atoms with Crippen molar-refractivity contribution in [1.82, 2.24) is 9.78 Å². The number of nitrogens with zero attached hydrogens (tertiary/aromatic N) is 2. The number of rotatable bonds is 4. The van der Waals surface area contributed by atoms with Crippen LogP contribution in [0.5, 0.6) is 0 Å². The Morgan fingerprint density at radius 2 is 1.94 bits per heavy atom. The first-order valence-electron chi connectivity index (χ1n) is 6.08. The fraction of sp³-hybridized carbons (Fsp3) is 0.357. The molecule has 96 valence electrons. The first kappa shape index (κ1) is 13.0. The summed E-state index contributed by atoms with van der Waals surface area (Å²) in [6.07, 6.45) is 0. The van der Waals surface area contributed by atoms with Gasteiger partial charge in [-0.3, -0.25) is 4.68 Å². The van der Waals surface area contributed by atoms with Gasteiger partial charge < -0.3 is 5.73 Å². The van der Waals surface area contributed by atoms with E-state index < -0.39 is 0 Å². The number of benzene rings is 1. The second-order valence-corrected chi connectivity index (χ2v) is 5.62. The molecule has 0 saturated carbocycles. The van der Waals surface area contributed by atoms with E-state index in [1.807, 2.05) is 17.8 Å². The van der Waals surface area contributed by atoms with Crippen LogP contribution in [0.2, 0.25) is 0 Å². The summed E-state index contributed by atoms with van der Waals surface area (Å²) in [4.78, 5) is 0. The van der Waals surface area contributed by atoms with Crippen molar-refractivity contribution in [2.24, 2.45) is 7.05 Å². The number of hydrogen-bond acceptors (Lipinski definition) is 3. The van der Waals surface area contributed by atoms with Crippen molar-refractivity contribution >= 4 is 17.4 Å². The van der Waals surface area contributed by atoms with Crippen molar-refractivity contribution in [1.29, 1.82) is 0 Å². The minimum absolute atomic E-state index is 0.363. The fourth-order valence-electron chi connectivity index (χ4n) is 1.87. The number of nitrogen functional groups attached to an aromatic ring is 1. The fourth-order valence-corrected chi connectivity index (χ4v) is 2.85. The van der Waals surface area contributed by atoms with Crippen molar-refractivity contribution in [3.05, 3.63) is 41.6 Å². The van der Waals surface area contributed by atoms with Gasteiger partial charge in [-0.15, -0.1) is 0 Å². The highest BCUT2D eigenvalue weighted by Gasteiger charge is 2.16. The molecule has 0 radical (unpaired) electrons. The van der Waals surface area contributed by atoms with Gasteiger partial charge in [-0.1, -0.05) is 55.9 Å². The van der Waals surface area contributed by atoms with Gasteiger partial charge in [-0.05, 0) is 11.5 Å². The maximum absolute atomic E-state index is 6.17. The number of aryl methyl sites for hydroxylation is 1. The maximum Gasteiger partial charge on any atom is 0.117 e. The van der Waals surface area contributed by atoms with E-state index in [1.165, 1.54) is 5.56 Å². The molecule has 3 nitrogen and oxygen atoms in total. The van der Waals surface area contributed by atoms with Crippen LogP contribution in [0.25, 0.3) is 0 Å². The summed E-state index contributed by atoms with van der Waals surface area (Å²) in [6, 6.07) is 10.4. The Hall–Kier alpha value is -1.42. The molecule has 18 heavy (non-hydrogen) atoms. The predicted octanol–water partition coefficient (Wildman–Crippen LogP) is 3.42. The van der Waals surface area contributed by atoms with Gasteiger partial charge >= 0.3 is 0 Å². The minimum atomic E-state index is 0.363. The van der Waals surface area contributed by atoms with E-state index in [0.717, 1.165) is 22.2 Å². The molecule has 0 unspecified atom stereocenters. The van der Waals surface area contributed by atoms with Crippen LogP contribution >= 0.6 is 11.8 Å². The molecular formula is C14H19N3S. The summed E-state index contributed by atoms with van der Waals surface area (Å²) in [7, 11) is 1.95. The van der Waals surface area contributed by atoms with Crippen molar-refractivity contribution in [3.8, 4) is 0 Å². The maximum atomic E-state index is 6.17. The lowest BCUT2D eigenvalue weighted by molar-refractivity contribution is 0.671. The highest BCUT2D eigenvalue weighted by molar-refractivity contribution is 7.98. The van der Waals surface area contributed by atoms with Gasteiger partial charge in [0.2, 0.25) is 0 Å². The van der Waals surface area contributed by atoms with E-state index >= 15 is 0 Å². The highest BCUT2D eigenvalue weighted by atomic mass is 32.2. The second-order valence-electron chi connectivity index (χ2n) is 4.66. The van der Waals surface area contributed by atoms with Crippen LogP contribution in [0.3, 0.4) is 0 Å². The topological polar surface area (TPSA) is 43.8 Å². The van der Waals surface area contributed by atoms with Crippen LogP contribution < -0.4 is 5.73 Å². The molecule has 0 atom stereocenters. The van der Waals surface area contributed by atoms with Crippen molar-refractivity contribution in [3.63, 3.8) is 0 Å². The summed E-state index contributed by atoms with van der Waals surface area (Å²) in [5.41, 5.74) is 9.29. The highest BCUT2D eigenvalue weighted by Crippen LogP contribution is 2.32. The van der Waals surface area contributed by atoms with Gasteiger partial charge in [0.25, 0.3) is 0 Å². The third-order valence-corrected chi connectivity index (χ3v) is 4.06. The lowest BCUT2D eigenvalue weighted by Crippen LogP contribution is -1.94. The summed E-state index contributed by atoms with van der Waals surface area (Å²) >= 11 is 1.74. The molecule has 0 aliphatic heterocycles. The second kappa shape index (κ2) is 5.48. The van der Waals surface area contributed by atoms with Crippen molar-refractivity contribution < 1.29 is 0 Å². The monoisotopic (exact) mass is 261 g/mol. The van der Waals surface area contributed by atoms with Gasteiger partial charge in [0.05, 0.1) is 11.4 Å². The first-order valence-corrected chi connectivity index (χ1v) is 7.07. The normalized spacial score (nSPS) is 11.1. The van der Waals surface area contributed by atoms with Crippen molar-refractivity contribution in [2.45, 2.75) is 30.5 Å². The SMILES string of the molecule is CC(C)c1nn(C)c(SCc2ccccc2)c1N. The molecule has 0 saturated heterocycles. The standard InChI is InChI=1S/C14H19N3S/c1-10(2)13-12(15)14(17(3)16-13)18-9-11-7-5-4-6-8-11/h4-8,10H,9,15H2,1-3H3. The van der Waals surface area contributed by atoms with E-state index in [2.05, 4.69) is 43.2 Å². The van der Waals surface area contributed by atoms with Gasteiger partial charge in [-0.25, -0.2) is 0 Å². The van der Waals surface area contributed by atoms with Crippen LogP contribution in [-0.2, 0) is 12.8 Å². The summed E-state index contributed by atoms with van der Waals surface area (Å²) in [6.45, 7) is 4.23. The molecule has 1 heterocycles. The first-order chi connectivity index (χ1) is 8.59. The molecule has 0 fully saturated rings. The van der Waals surface area contributed by atoms with Crippen LogP contribution in [0.1, 0.15) is 31.0 Å². The van der Waals surface area contributed by atoms with Gasteiger partial charge in [-0.2, -0.15) is 5.10 Å². The van der Waals surface area contributed by atoms with Gasteiger partial charge in [0.15, 0.2) is 0 Å². The third kappa shape index (κ3) is 2.70.